The van der Waals surface area contributed by atoms with Crippen molar-refractivity contribution in [1.29, 1.82) is 5.26 Å². The molecule has 2 N–H and O–H groups in total. The van der Waals surface area contributed by atoms with Crippen LogP contribution in [0.5, 0.6) is 0 Å². The molecule has 0 aromatic carbocycles. The first kappa shape index (κ1) is 12.8. The lowest BCUT2D eigenvalue weighted by Crippen LogP contribution is -2.31. The van der Waals surface area contributed by atoms with Crippen molar-refractivity contribution in [2.75, 3.05) is 6.61 Å². The molecule has 0 saturated heterocycles. The third-order valence-corrected chi connectivity index (χ3v) is 3.05. The number of aliphatic hydroxyl groups is 1. The zero-order valence-corrected chi connectivity index (χ0v) is 10.1. The Hall–Kier alpha value is -1.31. The standard InChI is InChI=1S/C12H19N3O/c1-4-11(8-16)14-7-10-5-12(6-13)15(3)9(10)2/h5,11,14,16H,4,7-8H2,1-3H3/t11-/m1/s1. The number of aromatic nitrogens is 1. The smallest absolute Gasteiger partial charge is 0.120 e. The largest absolute Gasteiger partial charge is 0.395 e. The molecule has 1 heterocycles. The van der Waals surface area contributed by atoms with Crippen molar-refractivity contribution in [2.24, 2.45) is 7.05 Å². The first-order valence-corrected chi connectivity index (χ1v) is 5.53. The molecule has 1 rings (SSSR count). The van der Waals surface area contributed by atoms with Gasteiger partial charge < -0.3 is 15.0 Å². The van der Waals surface area contributed by atoms with Crippen LogP contribution in [-0.2, 0) is 13.6 Å². The summed E-state index contributed by atoms with van der Waals surface area (Å²) in [7, 11) is 1.89. The summed E-state index contributed by atoms with van der Waals surface area (Å²) in [5.41, 5.74) is 2.88. The molecule has 0 aliphatic heterocycles. The number of nitrogens with zero attached hydrogens (tertiary/aromatic N) is 2. The zero-order valence-electron chi connectivity index (χ0n) is 10.1. The summed E-state index contributed by atoms with van der Waals surface area (Å²) in [6.45, 7) is 4.87. The second kappa shape index (κ2) is 5.69. The van der Waals surface area contributed by atoms with Crippen LogP contribution in [0, 0.1) is 18.3 Å². The first-order chi connectivity index (χ1) is 7.63. The van der Waals surface area contributed by atoms with E-state index >= 15 is 0 Å². The number of hydrogen-bond donors (Lipinski definition) is 2. The highest BCUT2D eigenvalue weighted by molar-refractivity contribution is 5.34. The van der Waals surface area contributed by atoms with Gasteiger partial charge in [0.05, 0.1) is 6.61 Å². The number of nitriles is 1. The lowest BCUT2D eigenvalue weighted by molar-refractivity contribution is 0.238. The topological polar surface area (TPSA) is 61.0 Å². The number of rotatable bonds is 5. The van der Waals surface area contributed by atoms with Crippen LogP contribution in [0.15, 0.2) is 6.07 Å². The monoisotopic (exact) mass is 221 g/mol. The predicted octanol–water partition coefficient (Wildman–Crippen LogP) is 1.07. The fourth-order valence-electron chi connectivity index (χ4n) is 1.64. The fourth-order valence-corrected chi connectivity index (χ4v) is 1.64. The second-order valence-electron chi connectivity index (χ2n) is 3.98. The Bertz CT molecular complexity index is 386. The third kappa shape index (κ3) is 2.63. The molecule has 0 aliphatic carbocycles. The molecule has 0 radical (unpaired) electrons. The molecule has 0 bridgehead atoms. The van der Waals surface area contributed by atoms with Gasteiger partial charge in [0.1, 0.15) is 11.8 Å². The summed E-state index contributed by atoms with van der Waals surface area (Å²) in [6, 6.07) is 4.18. The summed E-state index contributed by atoms with van der Waals surface area (Å²) >= 11 is 0. The van der Waals surface area contributed by atoms with Crippen LogP contribution in [-0.4, -0.2) is 22.3 Å². The molecule has 4 nitrogen and oxygen atoms in total. The minimum Gasteiger partial charge on any atom is -0.395 e. The Labute approximate surface area is 96.5 Å². The normalized spacial score (nSPS) is 12.4. The van der Waals surface area contributed by atoms with E-state index in [9.17, 15) is 0 Å². The maximum atomic E-state index is 9.06. The molecule has 0 unspecified atom stereocenters. The van der Waals surface area contributed by atoms with E-state index < -0.39 is 0 Å². The highest BCUT2D eigenvalue weighted by Gasteiger charge is 2.10. The number of nitrogens with one attached hydrogen (secondary N) is 1. The summed E-state index contributed by atoms with van der Waals surface area (Å²) in [6.07, 6.45) is 0.896. The molecule has 1 aromatic rings. The van der Waals surface area contributed by atoms with Crippen LogP contribution >= 0.6 is 0 Å². The van der Waals surface area contributed by atoms with E-state index in [0.29, 0.717) is 12.2 Å². The van der Waals surface area contributed by atoms with E-state index in [2.05, 4.69) is 11.4 Å². The van der Waals surface area contributed by atoms with Gasteiger partial charge in [-0.3, -0.25) is 0 Å². The Kier molecular flexibility index (Phi) is 4.53. The maximum absolute atomic E-state index is 9.06. The molecule has 0 amide bonds. The van der Waals surface area contributed by atoms with Crippen LogP contribution in [0.3, 0.4) is 0 Å². The molecule has 16 heavy (non-hydrogen) atoms. The fraction of sp³-hybridized carbons (Fsp3) is 0.583. The van der Waals surface area contributed by atoms with Gasteiger partial charge in [0.2, 0.25) is 0 Å². The van der Waals surface area contributed by atoms with Crippen LogP contribution in [0.25, 0.3) is 0 Å². The van der Waals surface area contributed by atoms with Crippen molar-refractivity contribution in [2.45, 2.75) is 32.9 Å². The molecule has 1 atom stereocenters. The number of aliphatic hydroxyl groups excluding tert-OH is 1. The van der Waals surface area contributed by atoms with E-state index in [1.807, 2.05) is 31.5 Å². The molecular weight excluding hydrogens is 202 g/mol. The van der Waals surface area contributed by atoms with Crippen LogP contribution < -0.4 is 5.32 Å². The maximum Gasteiger partial charge on any atom is 0.120 e. The average Bonchev–Trinajstić information content (AvgIpc) is 2.58. The van der Waals surface area contributed by atoms with E-state index in [0.717, 1.165) is 17.7 Å². The average molecular weight is 221 g/mol. The van der Waals surface area contributed by atoms with E-state index in [1.165, 1.54) is 0 Å². The van der Waals surface area contributed by atoms with E-state index in [4.69, 9.17) is 10.4 Å². The minimum absolute atomic E-state index is 0.130. The van der Waals surface area contributed by atoms with Crippen molar-refractivity contribution in [3.63, 3.8) is 0 Å². The van der Waals surface area contributed by atoms with Gasteiger partial charge in [-0.25, -0.2) is 0 Å². The van der Waals surface area contributed by atoms with Gasteiger partial charge in [-0.05, 0) is 25.0 Å². The van der Waals surface area contributed by atoms with Crippen LogP contribution in [0.1, 0.15) is 30.3 Å². The van der Waals surface area contributed by atoms with Crippen molar-refractivity contribution in [3.8, 4) is 6.07 Å². The lowest BCUT2D eigenvalue weighted by atomic mass is 10.2. The molecule has 4 heteroatoms. The molecule has 0 aliphatic rings. The number of hydrogen-bond acceptors (Lipinski definition) is 3. The molecule has 88 valence electrons. The lowest BCUT2D eigenvalue weighted by Gasteiger charge is -2.13. The quantitative estimate of drug-likeness (QED) is 0.781. The van der Waals surface area contributed by atoms with Crippen molar-refractivity contribution in [3.05, 3.63) is 23.0 Å². The molecule has 0 spiro atoms. The summed E-state index contributed by atoms with van der Waals surface area (Å²) in [5.74, 6) is 0. The van der Waals surface area contributed by atoms with Gasteiger partial charge in [-0.1, -0.05) is 6.92 Å². The predicted molar refractivity (Wildman–Crippen MR) is 62.9 cm³/mol. The van der Waals surface area contributed by atoms with Crippen LogP contribution in [0.2, 0.25) is 0 Å². The first-order valence-electron chi connectivity index (χ1n) is 5.53. The van der Waals surface area contributed by atoms with Gasteiger partial charge in [-0.15, -0.1) is 0 Å². The highest BCUT2D eigenvalue weighted by Crippen LogP contribution is 2.13. The Balaban J connectivity index is 2.72. The van der Waals surface area contributed by atoms with Crippen molar-refractivity contribution < 1.29 is 5.11 Å². The molecule has 0 saturated carbocycles. The minimum atomic E-state index is 0.130. The van der Waals surface area contributed by atoms with E-state index in [-0.39, 0.29) is 12.6 Å². The molecule has 1 aromatic heterocycles. The highest BCUT2D eigenvalue weighted by atomic mass is 16.3. The molecule has 0 fully saturated rings. The molecular formula is C12H19N3O. The Morgan fingerprint density at radius 1 is 1.62 bits per heavy atom. The van der Waals surface area contributed by atoms with Crippen LogP contribution in [0.4, 0.5) is 0 Å². The Morgan fingerprint density at radius 2 is 2.31 bits per heavy atom. The van der Waals surface area contributed by atoms with Gasteiger partial charge >= 0.3 is 0 Å². The second-order valence-corrected chi connectivity index (χ2v) is 3.98. The zero-order chi connectivity index (χ0) is 12.1. The summed E-state index contributed by atoms with van der Waals surface area (Å²) in [5, 5.41) is 21.2. The summed E-state index contributed by atoms with van der Waals surface area (Å²) in [4.78, 5) is 0. The van der Waals surface area contributed by atoms with Gasteiger partial charge in [-0.2, -0.15) is 5.26 Å². The van der Waals surface area contributed by atoms with Crippen molar-refractivity contribution >= 4 is 0 Å². The van der Waals surface area contributed by atoms with Gasteiger partial charge in [0.15, 0.2) is 0 Å². The Morgan fingerprint density at radius 3 is 2.75 bits per heavy atom. The SMILES string of the molecule is CC[C@H](CO)NCc1cc(C#N)n(C)c1C. The van der Waals surface area contributed by atoms with Gasteiger partial charge in [0, 0.05) is 25.3 Å². The third-order valence-electron chi connectivity index (χ3n) is 3.05. The van der Waals surface area contributed by atoms with Gasteiger partial charge in [0.25, 0.3) is 0 Å². The van der Waals surface area contributed by atoms with E-state index in [1.54, 1.807) is 0 Å². The van der Waals surface area contributed by atoms with Crippen molar-refractivity contribution in [1.82, 2.24) is 9.88 Å². The summed E-state index contributed by atoms with van der Waals surface area (Å²) < 4.78 is 1.89.